The van der Waals surface area contributed by atoms with Gasteiger partial charge in [-0.2, -0.15) is 0 Å². The Labute approximate surface area is 106 Å². The number of rotatable bonds is 5. The second-order valence-corrected chi connectivity index (χ2v) is 3.76. The van der Waals surface area contributed by atoms with Crippen LogP contribution in [0.5, 0.6) is 5.75 Å². The number of hydrogen-bond donors (Lipinski definition) is 2. The van der Waals surface area contributed by atoms with E-state index in [0.717, 1.165) is 11.1 Å². The molecule has 0 saturated heterocycles. The van der Waals surface area contributed by atoms with Gasteiger partial charge in [0.15, 0.2) is 0 Å². The molecule has 2 amide bonds. The molecule has 0 aliphatic carbocycles. The van der Waals surface area contributed by atoms with Crippen LogP contribution in [0, 0.1) is 6.92 Å². The number of methoxy groups -OCH3 is 1. The molecule has 0 unspecified atom stereocenters. The van der Waals surface area contributed by atoms with Crippen molar-refractivity contribution in [2.75, 3.05) is 13.7 Å². The van der Waals surface area contributed by atoms with E-state index in [1.54, 1.807) is 13.2 Å². The zero-order valence-corrected chi connectivity index (χ0v) is 10.4. The molecule has 0 heterocycles. The highest BCUT2D eigenvalue weighted by molar-refractivity contribution is 5.94. The molecule has 0 radical (unpaired) electrons. The van der Waals surface area contributed by atoms with Gasteiger partial charge >= 0.3 is 0 Å². The highest BCUT2D eigenvalue weighted by atomic mass is 16.5. The smallest absolute Gasteiger partial charge is 0.244 e. The van der Waals surface area contributed by atoms with Gasteiger partial charge in [-0.3, -0.25) is 9.59 Å². The molecule has 5 heteroatoms. The van der Waals surface area contributed by atoms with E-state index in [-0.39, 0.29) is 12.5 Å². The highest BCUT2D eigenvalue weighted by Gasteiger charge is 2.01. The first-order chi connectivity index (χ1) is 8.52. The van der Waals surface area contributed by atoms with Gasteiger partial charge in [0.25, 0.3) is 0 Å². The first kappa shape index (κ1) is 13.8. The van der Waals surface area contributed by atoms with E-state index in [1.165, 1.54) is 6.08 Å². The Bertz CT molecular complexity index is 481. The number of carbonyl (C=O) groups is 2. The van der Waals surface area contributed by atoms with Crippen molar-refractivity contribution >= 4 is 17.9 Å². The third kappa shape index (κ3) is 4.29. The molecule has 0 aliphatic rings. The van der Waals surface area contributed by atoms with E-state index in [4.69, 9.17) is 10.5 Å². The topological polar surface area (TPSA) is 81.4 Å². The van der Waals surface area contributed by atoms with Crippen LogP contribution in [-0.4, -0.2) is 25.5 Å². The van der Waals surface area contributed by atoms with Gasteiger partial charge in [-0.25, -0.2) is 0 Å². The Morgan fingerprint density at radius 3 is 2.78 bits per heavy atom. The van der Waals surface area contributed by atoms with Crippen molar-refractivity contribution in [2.45, 2.75) is 6.92 Å². The minimum atomic E-state index is -0.579. The number of ether oxygens (including phenoxy) is 1. The number of benzene rings is 1. The molecule has 0 aliphatic heterocycles. The van der Waals surface area contributed by atoms with Crippen molar-refractivity contribution in [3.63, 3.8) is 0 Å². The van der Waals surface area contributed by atoms with Gasteiger partial charge in [-0.05, 0) is 25.1 Å². The quantitative estimate of drug-likeness (QED) is 0.749. The highest BCUT2D eigenvalue weighted by Crippen LogP contribution is 2.20. The summed E-state index contributed by atoms with van der Waals surface area (Å²) in [6, 6.07) is 5.65. The molecular formula is C13H16N2O3. The van der Waals surface area contributed by atoms with E-state index in [1.807, 2.05) is 25.1 Å². The predicted molar refractivity (Wildman–Crippen MR) is 69.0 cm³/mol. The molecule has 18 heavy (non-hydrogen) atoms. The monoisotopic (exact) mass is 248 g/mol. The van der Waals surface area contributed by atoms with Crippen molar-refractivity contribution in [1.29, 1.82) is 0 Å². The number of hydrogen-bond acceptors (Lipinski definition) is 3. The zero-order valence-electron chi connectivity index (χ0n) is 10.4. The van der Waals surface area contributed by atoms with E-state index >= 15 is 0 Å². The fraction of sp³-hybridized carbons (Fsp3) is 0.231. The largest absolute Gasteiger partial charge is 0.496 e. The number of primary amides is 1. The maximum Gasteiger partial charge on any atom is 0.244 e. The Morgan fingerprint density at radius 2 is 2.17 bits per heavy atom. The summed E-state index contributed by atoms with van der Waals surface area (Å²) in [5.74, 6) is -0.276. The van der Waals surface area contributed by atoms with Crippen molar-refractivity contribution in [2.24, 2.45) is 5.73 Å². The number of aryl methyl sites for hydroxylation is 1. The molecule has 96 valence electrons. The lowest BCUT2D eigenvalue weighted by molar-refractivity contribution is -0.122. The number of amides is 2. The van der Waals surface area contributed by atoms with Crippen LogP contribution in [0.25, 0.3) is 6.08 Å². The second-order valence-electron chi connectivity index (χ2n) is 3.76. The molecule has 0 aromatic heterocycles. The molecule has 3 N–H and O–H groups in total. The molecule has 1 aromatic carbocycles. The van der Waals surface area contributed by atoms with Crippen LogP contribution < -0.4 is 15.8 Å². The van der Waals surface area contributed by atoms with Gasteiger partial charge in [0.05, 0.1) is 13.7 Å². The number of nitrogens with two attached hydrogens (primary N) is 1. The standard InChI is InChI=1S/C13H16N2O3/c1-9-3-5-11(18-2)10(7-9)4-6-13(17)15-8-12(14)16/h3-7H,8H2,1-2H3,(H2,14,16)(H,15,17)/b6-4+. The fourth-order valence-electron chi connectivity index (χ4n) is 1.38. The van der Waals surface area contributed by atoms with Crippen LogP contribution in [0.4, 0.5) is 0 Å². The first-order valence-electron chi connectivity index (χ1n) is 5.42. The van der Waals surface area contributed by atoms with Gasteiger partial charge in [0.1, 0.15) is 5.75 Å². The van der Waals surface area contributed by atoms with Crippen molar-refractivity contribution in [3.05, 3.63) is 35.4 Å². The molecule has 0 spiro atoms. The van der Waals surface area contributed by atoms with Crippen molar-refractivity contribution < 1.29 is 14.3 Å². The van der Waals surface area contributed by atoms with E-state index in [2.05, 4.69) is 5.32 Å². The molecule has 0 fully saturated rings. The minimum Gasteiger partial charge on any atom is -0.496 e. The number of nitrogens with one attached hydrogen (secondary N) is 1. The lowest BCUT2D eigenvalue weighted by Gasteiger charge is -2.05. The lowest BCUT2D eigenvalue weighted by Crippen LogP contribution is -2.32. The number of carbonyl (C=O) groups excluding carboxylic acids is 2. The van der Waals surface area contributed by atoms with Crippen LogP contribution in [-0.2, 0) is 9.59 Å². The Hall–Kier alpha value is -2.30. The minimum absolute atomic E-state index is 0.172. The van der Waals surface area contributed by atoms with E-state index in [0.29, 0.717) is 5.75 Å². The van der Waals surface area contributed by atoms with E-state index < -0.39 is 5.91 Å². The normalized spacial score (nSPS) is 10.3. The zero-order chi connectivity index (χ0) is 13.5. The molecule has 1 rings (SSSR count). The fourth-order valence-corrected chi connectivity index (χ4v) is 1.38. The summed E-state index contributed by atoms with van der Waals surface area (Å²) < 4.78 is 5.17. The summed E-state index contributed by atoms with van der Waals surface area (Å²) in [5, 5.41) is 2.36. The van der Waals surface area contributed by atoms with Crippen LogP contribution in [0.3, 0.4) is 0 Å². The average Bonchev–Trinajstić information content (AvgIpc) is 2.34. The predicted octanol–water partition coefficient (Wildman–Crippen LogP) is 0.618. The Balaban J connectivity index is 2.74. The van der Waals surface area contributed by atoms with E-state index in [9.17, 15) is 9.59 Å². The Morgan fingerprint density at radius 1 is 1.44 bits per heavy atom. The third-order valence-electron chi connectivity index (χ3n) is 2.24. The molecular weight excluding hydrogens is 232 g/mol. The molecule has 0 saturated carbocycles. The first-order valence-corrected chi connectivity index (χ1v) is 5.42. The van der Waals surface area contributed by atoms with Gasteiger partial charge < -0.3 is 15.8 Å². The third-order valence-corrected chi connectivity index (χ3v) is 2.24. The lowest BCUT2D eigenvalue weighted by atomic mass is 10.1. The second kappa shape index (κ2) is 6.44. The van der Waals surface area contributed by atoms with Crippen LogP contribution in [0.2, 0.25) is 0 Å². The van der Waals surface area contributed by atoms with Crippen LogP contribution >= 0.6 is 0 Å². The van der Waals surface area contributed by atoms with Gasteiger partial charge in [-0.1, -0.05) is 11.6 Å². The van der Waals surface area contributed by atoms with Crippen molar-refractivity contribution in [3.8, 4) is 5.75 Å². The van der Waals surface area contributed by atoms with Gasteiger partial charge in [-0.15, -0.1) is 0 Å². The Kier molecular flexibility index (Phi) is 4.92. The maximum absolute atomic E-state index is 11.4. The summed E-state index contributed by atoms with van der Waals surface area (Å²) in [7, 11) is 1.56. The summed E-state index contributed by atoms with van der Waals surface area (Å²) >= 11 is 0. The molecule has 0 atom stereocenters. The summed E-state index contributed by atoms with van der Waals surface area (Å²) in [5.41, 5.74) is 6.78. The van der Waals surface area contributed by atoms with Crippen LogP contribution in [0.1, 0.15) is 11.1 Å². The van der Waals surface area contributed by atoms with Gasteiger partial charge in [0.2, 0.25) is 11.8 Å². The molecule has 1 aromatic rings. The molecule has 5 nitrogen and oxygen atoms in total. The SMILES string of the molecule is COc1ccc(C)cc1/C=C/C(=O)NCC(N)=O. The summed E-state index contributed by atoms with van der Waals surface area (Å²) in [6.07, 6.45) is 2.96. The summed E-state index contributed by atoms with van der Waals surface area (Å²) in [6.45, 7) is 1.78. The van der Waals surface area contributed by atoms with Gasteiger partial charge in [0, 0.05) is 11.6 Å². The maximum atomic E-state index is 11.4. The average molecular weight is 248 g/mol. The summed E-state index contributed by atoms with van der Waals surface area (Å²) in [4.78, 5) is 21.8. The van der Waals surface area contributed by atoms with Crippen LogP contribution in [0.15, 0.2) is 24.3 Å². The molecule has 0 bridgehead atoms. The van der Waals surface area contributed by atoms with Crippen molar-refractivity contribution in [1.82, 2.24) is 5.32 Å².